The van der Waals surface area contributed by atoms with E-state index < -0.39 is 0 Å². The quantitative estimate of drug-likeness (QED) is 0.693. The Balaban J connectivity index is 2.34. The normalized spacial score (nSPS) is 10.6. The van der Waals surface area contributed by atoms with Crippen LogP contribution in [0.4, 0.5) is 0 Å². The number of rotatable bonds is 4. The van der Waals surface area contributed by atoms with Gasteiger partial charge < -0.3 is 0 Å². The van der Waals surface area contributed by atoms with E-state index in [9.17, 15) is 0 Å². The Hall–Kier alpha value is -1.57. The van der Waals surface area contributed by atoms with Crippen LogP contribution in [0.1, 0.15) is 25.8 Å². The average molecular weight is 215 g/mol. The minimum Gasteiger partial charge on any atom is -0.236 e. The van der Waals surface area contributed by atoms with Crippen LogP contribution >= 0.6 is 0 Å². The van der Waals surface area contributed by atoms with Gasteiger partial charge >= 0.3 is 0 Å². The van der Waals surface area contributed by atoms with Crippen LogP contribution < -0.4 is 4.57 Å². The molecular formula is C14H19N2+. The molecule has 0 fully saturated rings. The standard InChI is InChI=1S/C14H19N2/c1-3-9-15-10-11-16(12-15)14-8-6-5-7-13(14)4-2/h5-8,10-12H,3-4,9H2,1-2H3/q+1. The van der Waals surface area contributed by atoms with Crippen LogP contribution in [0, 0.1) is 0 Å². The smallest absolute Gasteiger partial charge is 0.236 e. The summed E-state index contributed by atoms with van der Waals surface area (Å²) in [6.45, 7) is 5.48. The minimum atomic E-state index is 1.07. The van der Waals surface area contributed by atoms with Crippen LogP contribution in [0.15, 0.2) is 43.0 Å². The van der Waals surface area contributed by atoms with E-state index in [2.05, 4.69) is 66.0 Å². The second-order valence-corrected chi connectivity index (χ2v) is 4.04. The fourth-order valence-corrected chi connectivity index (χ4v) is 1.99. The summed E-state index contributed by atoms with van der Waals surface area (Å²) in [5, 5.41) is 0. The van der Waals surface area contributed by atoms with Crippen molar-refractivity contribution in [3.05, 3.63) is 48.5 Å². The molecule has 0 radical (unpaired) electrons. The number of para-hydroxylation sites is 1. The van der Waals surface area contributed by atoms with E-state index in [0.29, 0.717) is 0 Å². The summed E-state index contributed by atoms with van der Waals surface area (Å²) in [5.74, 6) is 0. The van der Waals surface area contributed by atoms with Crippen molar-refractivity contribution in [1.82, 2.24) is 4.57 Å². The van der Waals surface area contributed by atoms with Crippen molar-refractivity contribution in [3.8, 4) is 5.69 Å². The van der Waals surface area contributed by atoms with E-state index in [4.69, 9.17) is 0 Å². The lowest BCUT2D eigenvalue weighted by molar-refractivity contribution is -0.696. The van der Waals surface area contributed by atoms with Crippen LogP contribution in [0.25, 0.3) is 5.69 Å². The van der Waals surface area contributed by atoms with Gasteiger partial charge in [-0.1, -0.05) is 32.0 Å². The molecule has 1 heterocycles. The number of hydrogen-bond donors (Lipinski definition) is 0. The first-order valence-corrected chi connectivity index (χ1v) is 6.00. The third-order valence-corrected chi connectivity index (χ3v) is 2.82. The molecule has 0 aliphatic carbocycles. The number of nitrogens with zero attached hydrogens (tertiary/aromatic N) is 2. The zero-order chi connectivity index (χ0) is 11.4. The number of hydrogen-bond acceptors (Lipinski definition) is 0. The molecule has 2 rings (SSSR count). The lowest BCUT2D eigenvalue weighted by Crippen LogP contribution is -2.30. The van der Waals surface area contributed by atoms with E-state index in [-0.39, 0.29) is 0 Å². The second-order valence-electron chi connectivity index (χ2n) is 4.04. The molecule has 0 amide bonds. The molecule has 1 aromatic carbocycles. The Morgan fingerprint density at radius 2 is 2.00 bits per heavy atom. The fourth-order valence-electron chi connectivity index (χ4n) is 1.99. The molecule has 0 unspecified atom stereocenters. The van der Waals surface area contributed by atoms with Crippen LogP contribution in [0.5, 0.6) is 0 Å². The molecule has 0 saturated heterocycles. The Kier molecular flexibility index (Phi) is 3.40. The second kappa shape index (κ2) is 4.97. The largest absolute Gasteiger partial charge is 0.248 e. The predicted octanol–water partition coefficient (Wildman–Crippen LogP) is 2.74. The summed E-state index contributed by atoms with van der Waals surface area (Å²) >= 11 is 0. The molecule has 0 saturated carbocycles. The highest BCUT2D eigenvalue weighted by Gasteiger charge is 2.08. The first-order chi connectivity index (χ1) is 7.85. The lowest BCUT2D eigenvalue weighted by Gasteiger charge is -2.02. The highest BCUT2D eigenvalue weighted by Crippen LogP contribution is 2.13. The molecule has 2 heteroatoms. The highest BCUT2D eigenvalue weighted by molar-refractivity contribution is 5.40. The van der Waals surface area contributed by atoms with Gasteiger partial charge in [0.2, 0.25) is 6.33 Å². The Morgan fingerprint density at radius 1 is 1.19 bits per heavy atom. The van der Waals surface area contributed by atoms with Gasteiger partial charge in [-0.2, -0.15) is 0 Å². The first-order valence-electron chi connectivity index (χ1n) is 6.00. The molecule has 2 aromatic rings. The third kappa shape index (κ3) is 2.16. The monoisotopic (exact) mass is 215 g/mol. The molecule has 0 spiro atoms. The molecule has 0 atom stereocenters. The Morgan fingerprint density at radius 3 is 2.75 bits per heavy atom. The van der Waals surface area contributed by atoms with Crippen molar-refractivity contribution in [2.24, 2.45) is 0 Å². The van der Waals surface area contributed by atoms with Gasteiger partial charge in [0.15, 0.2) is 0 Å². The van der Waals surface area contributed by atoms with Crippen LogP contribution in [0.2, 0.25) is 0 Å². The summed E-state index contributed by atoms with van der Waals surface area (Å²) < 4.78 is 4.43. The van der Waals surface area contributed by atoms with E-state index >= 15 is 0 Å². The summed E-state index contributed by atoms with van der Waals surface area (Å²) in [6, 6.07) is 8.57. The zero-order valence-corrected chi connectivity index (χ0v) is 10.1. The average Bonchev–Trinajstić information content (AvgIpc) is 2.78. The number of aryl methyl sites for hydroxylation is 2. The molecule has 0 aliphatic rings. The van der Waals surface area contributed by atoms with Crippen molar-refractivity contribution in [1.29, 1.82) is 0 Å². The number of aromatic nitrogens is 2. The number of imidazole rings is 1. The third-order valence-electron chi connectivity index (χ3n) is 2.82. The highest BCUT2D eigenvalue weighted by atomic mass is 15.1. The van der Waals surface area contributed by atoms with Gasteiger partial charge in [0.1, 0.15) is 18.1 Å². The maximum atomic E-state index is 2.23. The van der Waals surface area contributed by atoms with E-state index in [0.717, 1.165) is 13.0 Å². The molecule has 2 nitrogen and oxygen atoms in total. The zero-order valence-electron chi connectivity index (χ0n) is 10.1. The van der Waals surface area contributed by atoms with Gasteiger partial charge in [-0.3, -0.25) is 0 Å². The number of benzene rings is 1. The minimum absolute atomic E-state index is 1.07. The van der Waals surface area contributed by atoms with Crippen molar-refractivity contribution in [2.45, 2.75) is 33.2 Å². The topological polar surface area (TPSA) is 8.81 Å². The van der Waals surface area contributed by atoms with Crippen molar-refractivity contribution < 1.29 is 4.57 Å². The van der Waals surface area contributed by atoms with Crippen LogP contribution in [-0.2, 0) is 13.0 Å². The first kappa shape index (κ1) is 10.9. The lowest BCUT2D eigenvalue weighted by atomic mass is 10.1. The van der Waals surface area contributed by atoms with Gasteiger partial charge in [0.25, 0.3) is 0 Å². The van der Waals surface area contributed by atoms with E-state index in [1.54, 1.807) is 0 Å². The van der Waals surface area contributed by atoms with Crippen molar-refractivity contribution in [3.63, 3.8) is 0 Å². The van der Waals surface area contributed by atoms with E-state index in [1.807, 2.05) is 0 Å². The van der Waals surface area contributed by atoms with Crippen molar-refractivity contribution in [2.75, 3.05) is 0 Å². The van der Waals surface area contributed by atoms with Crippen LogP contribution in [-0.4, -0.2) is 4.57 Å². The molecule has 0 bridgehead atoms. The van der Waals surface area contributed by atoms with Gasteiger partial charge in [-0.15, -0.1) is 0 Å². The maximum absolute atomic E-state index is 2.23. The summed E-state index contributed by atoms with van der Waals surface area (Å²) in [6.07, 6.45) is 8.67. The SMILES string of the molecule is CCC[n+]1ccn(-c2ccccc2CC)c1. The molecule has 0 aliphatic heterocycles. The molecule has 84 valence electrons. The maximum Gasteiger partial charge on any atom is 0.248 e. The molecule has 1 aromatic heterocycles. The summed E-state index contributed by atoms with van der Waals surface area (Å²) in [5.41, 5.74) is 2.68. The summed E-state index contributed by atoms with van der Waals surface area (Å²) in [7, 11) is 0. The van der Waals surface area contributed by atoms with Gasteiger partial charge in [0, 0.05) is 0 Å². The Labute approximate surface area is 97.2 Å². The molecule has 16 heavy (non-hydrogen) atoms. The fraction of sp³-hybridized carbons (Fsp3) is 0.357. The molecule has 0 N–H and O–H groups in total. The Bertz CT molecular complexity index is 457. The summed E-state index contributed by atoms with van der Waals surface area (Å²) in [4.78, 5) is 0. The van der Waals surface area contributed by atoms with Gasteiger partial charge in [-0.25, -0.2) is 9.13 Å². The van der Waals surface area contributed by atoms with Crippen molar-refractivity contribution >= 4 is 0 Å². The van der Waals surface area contributed by atoms with Gasteiger partial charge in [0.05, 0.1) is 6.54 Å². The predicted molar refractivity (Wildman–Crippen MR) is 65.6 cm³/mol. The van der Waals surface area contributed by atoms with E-state index in [1.165, 1.54) is 17.7 Å². The van der Waals surface area contributed by atoms with Gasteiger partial charge in [-0.05, 0) is 24.5 Å². The van der Waals surface area contributed by atoms with Crippen LogP contribution in [0.3, 0.4) is 0 Å². The molecular weight excluding hydrogens is 196 g/mol.